The van der Waals surface area contributed by atoms with Crippen molar-refractivity contribution in [2.75, 3.05) is 25.5 Å². The van der Waals surface area contributed by atoms with Gasteiger partial charge >= 0.3 is 0 Å². The maximum atomic E-state index is 12.4. The molecular weight excluding hydrogens is 258 g/mol. The van der Waals surface area contributed by atoms with Gasteiger partial charge in [0.2, 0.25) is 0 Å². The second-order valence-electron chi connectivity index (χ2n) is 5.39. The number of rotatable bonds is 5. The van der Waals surface area contributed by atoms with E-state index < -0.39 is 0 Å². The molecule has 0 amide bonds. The number of alkyl halides is 1. The molecule has 1 aromatic rings. The highest BCUT2D eigenvalue weighted by atomic mass is 35.5. The predicted octanol–water partition coefficient (Wildman–Crippen LogP) is 3.52. The number of carbonyl (C=O) groups excluding carboxylic acids is 1. The number of ketones is 1. The Morgan fingerprint density at radius 1 is 1.26 bits per heavy atom. The van der Waals surface area contributed by atoms with E-state index in [1.165, 1.54) is 5.56 Å². The Bertz CT molecular complexity index is 407. The lowest BCUT2D eigenvalue weighted by Crippen LogP contribution is -2.37. The number of aryl methyl sites for hydroxylation is 1. The highest BCUT2D eigenvalue weighted by Crippen LogP contribution is 2.22. The predicted molar refractivity (Wildman–Crippen MR) is 80.0 cm³/mol. The highest BCUT2D eigenvalue weighted by Gasteiger charge is 2.25. The van der Waals surface area contributed by atoms with Gasteiger partial charge in [0.25, 0.3) is 0 Å². The van der Waals surface area contributed by atoms with Crippen molar-refractivity contribution in [2.45, 2.75) is 26.2 Å². The third kappa shape index (κ3) is 4.05. The fraction of sp³-hybridized carbons (Fsp3) is 0.562. The van der Waals surface area contributed by atoms with Gasteiger partial charge in [-0.25, -0.2) is 0 Å². The number of hydrogen-bond donors (Lipinski definition) is 0. The number of halogens is 1. The lowest BCUT2D eigenvalue weighted by Gasteiger charge is -2.31. The Balaban J connectivity index is 1.87. The Labute approximate surface area is 120 Å². The van der Waals surface area contributed by atoms with Gasteiger partial charge in [-0.1, -0.05) is 29.8 Å². The first-order chi connectivity index (χ1) is 9.20. The molecule has 0 spiro atoms. The van der Waals surface area contributed by atoms with Gasteiger partial charge in [0.1, 0.15) is 0 Å². The normalized spacial score (nSPS) is 17.6. The fourth-order valence-electron chi connectivity index (χ4n) is 2.66. The molecular formula is C16H22ClNO. The van der Waals surface area contributed by atoms with Crippen LogP contribution in [0.5, 0.6) is 0 Å². The van der Waals surface area contributed by atoms with E-state index in [2.05, 4.69) is 4.90 Å². The third-order valence-corrected chi connectivity index (χ3v) is 4.17. The molecule has 1 saturated heterocycles. The van der Waals surface area contributed by atoms with Gasteiger partial charge in [-0.3, -0.25) is 4.79 Å². The van der Waals surface area contributed by atoms with Crippen LogP contribution in [0.1, 0.15) is 35.2 Å². The van der Waals surface area contributed by atoms with Gasteiger partial charge in [0, 0.05) is 17.4 Å². The van der Waals surface area contributed by atoms with E-state index in [0.717, 1.165) is 50.3 Å². The minimum absolute atomic E-state index is 0.204. The van der Waals surface area contributed by atoms with Crippen LogP contribution < -0.4 is 0 Å². The summed E-state index contributed by atoms with van der Waals surface area (Å²) in [4.78, 5) is 14.8. The number of piperidine rings is 1. The zero-order chi connectivity index (χ0) is 13.7. The van der Waals surface area contributed by atoms with E-state index in [-0.39, 0.29) is 5.92 Å². The minimum Gasteiger partial charge on any atom is -0.303 e. The van der Waals surface area contributed by atoms with Gasteiger partial charge in [0.05, 0.1) is 0 Å². The molecule has 3 heteroatoms. The molecule has 19 heavy (non-hydrogen) atoms. The van der Waals surface area contributed by atoms with Crippen molar-refractivity contribution in [1.82, 2.24) is 4.90 Å². The van der Waals surface area contributed by atoms with Crippen molar-refractivity contribution in [3.05, 3.63) is 35.4 Å². The standard InChI is InChI=1S/C16H22ClNO/c1-13-3-5-14(6-4-13)16(19)15-7-11-18(12-8-15)10-2-9-17/h3-6,15H,2,7-12H2,1H3. The summed E-state index contributed by atoms with van der Waals surface area (Å²) in [7, 11) is 0. The van der Waals surface area contributed by atoms with E-state index in [0.29, 0.717) is 5.78 Å². The first-order valence-corrected chi connectivity index (χ1v) is 7.63. The Kier molecular flexibility index (Phi) is 5.41. The number of benzene rings is 1. The molecule has 0 aliphatic carbocycles. The van der Waals surface area contributed by atoms with Crippen molar-refractivity contribution in [1.29, 1.82) is 0 Å². The largest absolute Gasteiger partial charge is 0.303 e. The monoisotopic (exact) mass is 279 g/mol. The van der Waals surface area contributed by atoms with E-state index in [1.54, 1.807) is 0 Å². The van der Waals surface area contributed by atoms with Gasteiger partial charge in [-0.15, -0.1) is 11.6 Å². The molecule has 1 aliphatic rings. The Hall–Kier alpha value is -0.860. The zero-order valence-electron chi connectivity index (χ0n) is 11.6. The number of likely N-dealkylation sites (tertiary alicyclic amines) is 1. The SMILES string of the molecule is Cc1ccc(C(=O)C2CCN(CCCCl)CC2)cc1. The number of carbonyl (C=O) groups is 1. The Morgan fingerprint density at radius 2 is 1.89 bits per heavy atom. The maximum Gasteiger partial charge on any atom is 0.166 e. The molecule has 1 heterocycles. The van der Waals surface area contributed by atoms with Crippen LogP contribution in [0.4, 0.5) is 0 Å². The van der Waals surface area contributed by atoms with Crippen molar-refractivity contribution in [3.8, 4) is 0 Å². The van der Waals surface area contributed by atoms with E-state index in [4.69, 9.17) is 11.6 Å². The molecule has 2 nitrogen and oxygen atoms in total. The molecule has 0 saturated carbocycles. The molecule has 1 fully saturated rings. The number of Topliss-reactive ketones (excluding diaryl/α,β-unsaturated/α-hetero) is 1. The van der Waals surface area contributed by atoms with Crippen LogP contribution >= 0.6 is 11.6 Å². The smallest absolute Gasteiger partial charge is 0.166 e. The Morgan fingerprint density at radius 3 is 2.47 bits per heavy atom. The second kappa shape index (κ2) is 7.06. The van der Waals surface area contributed by atoms with Gasteiger partial charge in [-0.2, -0.15) is 0 Å². The third-order valence-electron chi connectivity index (χ3n) is 3.90. The van der Waals surface area contributed by atoms with Crippen molar-refractivity contribution in [2.24, 2.45) is 5.92 Å². The molecule has 0 N–H and O–H groups in total. The van der Waals surface area contributed by atoms with Crippen molar-refractivity contribution < 1.29 is 4.79 Å². The number of nitrogens with zero attached hydrogens (tertiary/aromatic N) is 1. The second-order valence-corrected chi connectivity index (χ2v) is 5.77. The van der Waals surface area contributed by atoms with Crippen LogP contribution in [0.2, 0.25) is 0 Å². The zero-order valence-corrected chi connectivity index (χ0v) is 12.3. The van der Waals surface area contributed by atoms with E-state index in [9.17, 15) is 4.79 Å². The first kappa shape index (κ1) is 14.5. The quantitative estimate of drug-likeness (QED) is 0.607. The summed E-state index contributed by atoms with van der Waals surface area (Å²) in [6, 6.07) is 7.95. The van der Waals surface area contributed by atoms with Gasteiger partial charge < -0.3 is 4.90 Å². The van der Waals surface area contributed by atoms with E-state index >= 15 is 0 Å². The molecule has 1 aromatic carbocycles. The molecule has 0 bridgehead atoms. The van der Waals surface area contributed by atoms with Gasteiger partial charge in [-0.05, 0) is 45.8 Å². The summed E-state index contributed by atoms with van der Waals surface area (Å²) in [5.41, 5.74) is 2.07. The molecule has 0 radical (unpaired) electrons. The molecule has 0 aromatic heterocycles. The summed E-state index contributed by atoms with van der Waals surface area (Å²) in [6.07, 6.45) is 3.00. The number of hydrogen-bond acceptors (Lipinski definition) is 2. The van der Waals surface area contributed by atoms with E-state index in [1.807, 2.05) is 31.2 Å². The summed E-state index contributed by atoms with van der Waals surface area (Å²) in [6.45, 7) is 5.16. The van der Waals surface area contributed by atoms with Crippen LogP contribution in [0, 0.1) is 12.8 Å². The van der Waals surface area contributed by atoms with Crippen LogP contribution in [-0.4, -0.2) is 36.2 Å². The molecule has 104 valence electrons. The first-order valence-electron chi connectivity index (χ1n) is 7.10. The molecule has 0 atom stereocenters. The molecule has 2 rings (SSSR count). The van der Waals surface area contributed by atoms with Crippen LogP contribution in [0.15, 0.2) is 24.3 Å². The van der Waals surface area contributed by atoms with Crippen molar-refractivity contribution in [3.63, 3.8) is 0 Å². The minimum atomic E-state index is 0.204. The van der Waals surface area contributed by atoms with Crippen LogP contribution in [0.25, 0.3) is 0 Å². The summed E-state index contributed by atoms with van der Waals surface area (Å²) in [5, 5.41) is 0. The fourth-order valence-corrected chi connectivity index (χ4v) is 2.78. The average molecular weight is 280 g/mol. The summed E-state index contributed by atoms with van der Waals surface area (Å²) in [5.74, 6) is 1.24. The van der Waals surface area contributed by atoms with Gasteiger partial charge in [0.15, 0.2) is 5.78 Å². The lowest BCUT2D eigenvalue weighted by atomic mass is 9.88. The maximum absolute atomic E-state index is 12.4. The lowest BCUT2D eigenvalue weighted by molar-refractivity contribution is 0.0840. The van der Waals surface area contributed by atoms with Crippen LogP contribution in [-0.2, 0) is 0 Å². The topological polar surface area (TPSA) is 20.3 Å². The molecule has 1 aliphatic heterocycles. The molecule has 0 unspecified atom stereocenters. The average Bonchev–Trinajstić information content (AvgIpc) is 2.46. The highest BCUT2D eigenvalue weighted by molar-refractivity contribution is 6.17. The van der Waals surface area contributed by atoms with Crippen LogP contribution in [0.3, 0.4) is 0 Å². The van der Waals surface area contributed by atoms with Crippen molar-refractivity contribution >= 4 is 17.4 Å². The summed E-state index contributed by atoms with van der Waals surface area (Å²) < 4.78 is 0. The summed E-state index contributed by atoms with van der Waals surface area (Å²) >= 11 is 5.71.